The maximum absolute atomic E-state index is 9.17. The number of rotatable bonds is 2. The molecule has 2 rings (SSSR count). The van der Waals surface area contributed by atoms with Gasteiger partial charge in [-0.1, -0.05) is 12.1 Å². The van der Waals surface area contributed by atoms with Crippen LogP contribution in [0.5, 0.6) is 11.6 Å². The van der Waals surface area contributed by atoms with E-state index >= 15 is 0 Å². The van der Waals surface area contributed by atoms with Gasteiger partial charge >= 0.3 is 0 Å². The largest absolute Gasteiger partial charge is 0.435 e. The van der Waals surface area contributed by atoms with Crippen molar-refractivity contribution in [3.8, 4) is 23.8 Å². The van der Waals surface area contributed by atoms with Gasteiger partial charge in [-0.25, -0.2) is 0 Å². The molecule has 0 N–H and O–H groups in total. The number of aryl methyl sites for hydroxylation is 1. The first-order valence-corrected chi connectivity index (χ1v) is 5.58. The van der Waals surface area contributed by atoms with E-state index in [9.17, 15) is 0 Å². The summed E-state index contributed by atoms with van der Waals surface area (Å²) >= 11 is 0. The van der Waals surface area contributed by atoms with E-state index in [0.717, 1.165) is 5.56 Å². The van der Waals surface area contributed by atoms with Crippen LogP contribution in [0.4, 0.5) is 0 Å². The van der Waals surface area contributed by atoms with Gasteiger partial charge in [0.25, 0.3) is 5.88 Å². The van der Waals surface area contributed by atoms with Crippen molar-refractivity contribution in [2.75, 3.05) is 0 Å². The van der Waals surface area contributed by atoms with Crippen LogP contribution in [0.1, 0.15) is 22.4 Å². The summed E-state index contributed by atoms with van der Waals surface area (Å²) in [4.78, 5) is 0. The molecule has 0 aliphatic rings. The average molecular weight is 250 g/mol. The Labute approximate surface area is 110 Å². The minimum absolute atomic E-state index is 0.119. The highest BCUT2D eigenvalue weighted by Gasteiger charge is 2.14. The van der Waals surface area contributed by atoms with Crippen LogP contribution in [0.25, 0.3) is 0 Å². The number of ether oxygens (including phenoxy) is 1. The van der Waals surface area contributed by atoms with Gasteiger partial charge in [-0.2, -0.15) is 15.6 Å². The highest BCUT2D eigenvalue weighted by molar-refractivity contribution is 5.49. The molecule has 0 atom stereocenters. The third-order valence-electron chi connectivity index (χ3n) is 2.75. The molecule has 0 aliphatic carbocycles. The minimum atomic E-state index is 0.119. The van der Waals surface area contributed by atoms with Gasteiger partial charge in [-0.3, -0.25) is 0 Å². The van der Waals surface area contributed by atoms with Crippen LogP contribution in [0, 0.1) is 36.5 Å². The number of nitrogens with zero attached hydrogens (tertiary/aromatic N) is 4. The molecule has 0 radical (unpaired) electrons. The van der Waals surface area contributed by atoms with Crippen LogP contribution >= 0.6 is 0 Å². The van der Waals surface area contributed by atoms with Gasteiger partial charge in [-0.15, -0.1) is 5.10 Å². The molecule has 2 aromatic rings. The Morgan fingerprint density at radius 3 is 2.47 bits per heavy atom. The number of aromatic nitrogens is 2. The Hall–Kier alpha value is -2.92. The molecule has 0 bridgehead atoms. The summed E-state index contributed by atoms with van der Waals surface area (Å²) in [5.41, 5.74) is 2.12. The van der Waals surface area contributed by atoms with E-state index in [-0.39, 0.29) is 5.88 Å². The second-order valence-electron chi connectivity index (χ2n) is 3.91. The van der Waals surface area contributed by atoms with Gasteiger partial charge < -0.3 is 4.74 Å². The van der Waals surface area contributed by atoms with E-state index in [4.69, 9.17) is 15.3 Å². The van der Waals surface area contributed by atoms with Gasteiger partial charge in [-0.05, 0) is 31.5 Å². The van der Waals surface area contributed by atoms with E-state index in [1.807, 2.05) is 6.07 Å². The molecular weight excluding hydrogens is 240 g/mol. The molecular formula is C14H10N4O. The first-order chi connectivity index (χ1) is 9.17. The van der Waals surface area contributed by atoms with E-state index in [1.54, 1.807) is 38.1 Å². The van der Waals surface area contributed by atoms with Crippen molar-refractivity contribution in [3.63, 3.8) is 0 Å². The quantitative estimate of drug-likeness (QED) is 0.818. The van der Waals surface area contributed by atoms with Crippen LogP contribution in [0.2, 0.25) is 0 Å². The highest BCUT2D eigenvalue weighted by Crippen LogP contribution is 2.27. The van der Waals surface area contributed by atoms with Crippen molar-refractivity contribution in [3.05, 3.63) is 46.6 Å². The number of nitriles is 2. The normalized spacial score (nSPS) is 9.47. The third kappa shape index (κ3) is 2.36. The molecule has 92 valence electrons. The third-order valence-corrected chi connectivity index (χ3v) is 2.75. The monoisotopic (exact) mass is 250 g/mol. The fourth-order valence-electron chi connectivity index (χ4n) is 1.54. The lowest BCUT2D eigenvalue weighted by Gasteiger charge is -2.09. The first-order valence-electron chi connectivity index (χ1n) is 5.58. The van der Waals surface area contributed by atoms with E-state index in [1.165, 1.54) is 0 Å². The van der Waals surface area contributed by atoms with Gasteiger partial charge in [0, 0.05) is 0 Å². The van der Waals surface area contributed by atoms with Gasteiger partial charge in [0.05, 0.1) is 11.3 Å². The van der Waals surface area contributed by atoms with Crippen LogP contribution in [0.15, 0.2) is 24.3 Å². The summed E-state index contributed by atoms with van der Waals surface area (Å²) in [5, 5.41) is 26.0. The minimum Gasteiger partial charge on any atom is -0.435 e. The summed E-state index contributed by atoms with van der Waals surface area (Å²) in [6, 6.07) is 10.8. The summed E-state index contributed by atoms with van der Waals surface area (Å²) in [5.74, 6) is 0.479. The molecule has 0 amide bonds. The van der Waals surface area contributed by atoms with Crippen molar-refractivity contribution in [2.24, 2.45) is 0 Å². The molecule has 0 saturated carbocycles. The van der Waals surface area contributed by atoms with Crippen molar-refractivity contribution < 1.29 is 4.74 Å². The maximum Gasteiger partial charge on any atom is 0.257 e. The van der Waals surface area contributed by atoms with Crippen LogP contribution < -0.4 is 4.74 Å². The molecule has 1 aromatic heterocycles. The SMILES string of the molecule is Cc1nnc(Oc2ccccc2C#N)c(C#N)c1C. The molecule has 5 heteroatoms. The Morgan fingerprint density at radius 2 is 1.79 bits per heavy atom. The molecule has 5 nitrogen and oxygen atoms in total. The number of para-hydroxylation sites is 1. The second kappa shape index (κ2) is 5.16. The van der Waals surface area contributed by atoms with E-state index in [2.05, 4.69) is 16.3 Å². The molecule has 0 aliphatic heterocycles. The topological polar surface area (TPSA) is 82.6 Å². The molecule has 19 heavy (non-hydrogen) atoms. The summed E-state index contributed by atoms with van der Waals surface area (Å²) in [7, 11) is 0. The van der Waals surface area contributed by atoms with Crippen molar-refractivity contribution >= 4 is 0 Å². The van der Waals surface area contributed by atoms with Crippen LogP contribution in [0.3, 0.4) is 0 Å². The predicted octanol–water partition coefficient (Wildman–Crippen LogP) is 2.63. The molecule has 0 spiro atoms. The lowest BCUT2D eigenvalue weighted by atomic mass is 10.1. The summed E-state index contributed by atoms with van der Waals surface area (Å²) < 4.78 is 5.54. The molecule has 0 unspecified atom stereocenters. The maximum atomic E-state index is 9.17. The Kier molecular flexibility index (Phi) is 3.40. The van der Waals surface area contributed by atoms with Crippen molar-refractivity contribution in [1.82, 2.24) is 10.2 Å². The zero-order valence-corrected chi connectivity index (χ0v) is 10.5. The van der Waals surface area contributed by atoms with Gasteiger partial charge in [0.2, 0.25) is 0 Å². The predicted molar refractivity (Wildman–Crippen MR) is 67.5 cm³/mol. The average Bonchev–Trinajstić information content (AvgIpc) is 2.44. The van der Waals surface area contributed by atoms with E-state index in [0.29, 0.717) is 22.6 Å². The number of benzene rings is 1. The zero-order chi connectivity index (χ0) is 13.8. The van der Waals surface area contributed by atoms with Crippen molar-refractivity contribution in [1.29, 1.82) is 10.5 Å². The number of hydrogen-bond acceptors (Lipinski definition) is 5. The zero-order valence-electron chi connectivity index (χ0n) is 10.5. The fraction of sp³-hybridized carbons (Fsp3) is 0.143. The highest BCUT2D eigenvalue weighted by atomic mass is 16.5. The smallest absolute Gasteiger partial charge is 0.257 e. The molecule has 0 saturated heterocycles. The molecule has 1 heterocycles. The summed E-state index contributed by atoms with van der Waals surface area (Å²) in [6.07, 6.45) is 0. The lowest BCUT2D eigenvalue weighted by Crippen LogP contribution is -2.01. The van der Waals surface area contributed by atoms with Crippen molar-refractivity contribution in [2.45, 2.75) is 13.8 Å². The Bertz CT molecular complexity index is 710. The molecule has 0 fully saturated rings. The number of hydrogen-bond donors (Lipinski definition) is 0. The standard InChI is InChI=1S/C14H10N4O/c1-9-10(2)17-18-14(12(9)8-16)19-13-6-4-3-5-11(13)7-15/h3-6H,1-2H3. The van der Waals surface area contributed by atoms with E-state index < -0.39 is 0 Å². The molecule has 1 aromatic carbocycles. The Balaban J connectivity index is 2.48. The Morgan fingerprint density at radius 1 is 1.05 bits per heavy atom. The van der Waals surface area contributed by atoms with Gasteiger partial charge in [0.15, 0.2) is 0 Å². The van der Waals surface area contributed by atoms with Crippen LogP contribution in [-0.4, -0.2) is 10.2 Å². The van der Waals surface area contributed by atoms with Gasteiger partial charge in [0.1, 0.15) is 23.5 Å². The lowest BCUT2D eigenvalue weighted by molar-refractivity contribution is 0.450. The summed E-state index contributed by atoms with van der Waals surface area (Å²) in [6.45, 7) is 3.56. The second-order valence-corrected chi connectivity index (χ2v) is 3.91. The fourth-order valence-corrected chi connectivity index (χ4v) is 1.54. The van der Waals surface area contributed by atoms with Crippen LogP contribution in [-0.2, 0) is 0 Å². The first kappa shape index (κ1) is 12.5.